The first kappa shape index (κ1) is 19.8. The fraction of sp³-hybridized carbons (Fsp3) is 0.579. The maximum absolute atomic E-state index is 12.9. The molecule has 1 saturated heterocycles. The SMILES string of the molecule is Cc1ccnc2c(C(=O)N[C@H]3CCOC[C@@H]3O)cn(C(O)OC(C)(C)C)c12. The van der Waals surface area contributed by atoms with Crippen molar-refractivity contribution in [3.8, 4) is 0 Å². The minimum Gasteiger partial charge on any atom is -0.389 e. The summed E-state index contributed by atoms with van der Waals surface area (Å²) in [5, 5.41) is 23.4. The first-order valence-corrected chi connectivity index (χ1v) is 9.06. The summed E-state index contributed by atoms with van der Waals surface area (Å²) in [5.41, 5.74) is 1.73. The van der Waals surface area contributed by atoms with Gasteiger partial charge in [-0.2, -0.15) is 0 Å². The smallest absolute Gasteiger partial charge is 0.255 e. The van der Waals surface area contributed by atoms with E-state index in [9.17, 15) is 15.0 Å². The Labute approximate surface area is 158 Å². The van der Waals surface area contributed by atoms with E-state index in [1.54, 1.807) is 12.4 Å². The Bertz CT molecular complexity index is 827. The second-order valence-electron chi connectivity index (χ2n) is 7.84. The van der Waals surface area contributed by atoms with Crippen molar-refractivity contribution in [2.45, 2.75) is 58.3 Å². The second-order valence-corrected chi connectivity index (χ2v) is 7.84. The van der Waals surface area contributed by atoms with Gasteiger partial charge in [-0.3, -0.25) is 14.3 Å². The van der Waals surface area contributed by atoms with Crippen LogP contribution in [0.3, 0.4) is 0 Å². The number of aryl methyl sites for hydroxylation is 1. The van der Waals surface area contributed by atoms with Gasteiger partial charge in [-0.15, -0.1) is 0 Å². The van der Waals surface area contributed by atoms with Gasteiger partial charge in [-0.1, -0.05) is 0 Å². The summed E-state index contributed by atoms with van der Waals surface area (Å²) < 4.78 is 12.4. The summed E-state index contributed by atoms with van der Waals surface area (Å²) >= 11 is 0. The van der Waals surface area contributed by atoms with Crippen LogP contribution in [0.1, 0.15) is 49.5 Å². The number of nitrogens with zero attached hydrogens (tertiary/aromatic N) is 2. The van der Waals surface area contributed by atoms with Gasteiger partial charge in [0, 0.05) is 19.0 Å². The number of hydrogen-bond donors (Lipinski definition) is 3. The number of aliphatic hydroxyl groups is 2. The molecule has 0 radical (unpaired) electrons. The number of amides is 1. The molecule has 0 saturated carbocycles. The highest BCUT2D eigenvalue weighted by molar-refractivity contribution is 6.06. The van der Waals surface area contributed by atoms with Crippen LogP contribution in [0.5, 0.6) is 0 Å². The van der Waals surface area contributed by atoms with Crippen molar-refractivity contribution in [3.63, 3.8) is 0 Å². The van der Waals surface area contributed by atoms with Gasteiger partial charge in [0.25, 0.3) is 5.91 Å². The molecular weight excluding hydrogens is 350 g/mol. The van der Waals surface area contributed by atoms with E-state index >= 15 is 0 Å². The van der Waals surface area contributed by atoms with Crippen LogP contribution in [0.25, 0.3) is 11.0 Å². The lowest BCUT2D eigenvalue weighted by atomic mass is 10.1. The summed E-state index contributed by atoms with van der Waals surface area (Å²) in [5.74, 6) is -0.356. The first-order valence-electron chi connectivity index (χ1n) is 9.06. The van der Waals surface area contributed by atoms with Crippen molar-refractivity contribution in [2.75, 3.05) is 13.2 Å². The van der Waals surface area contributed by atoms with E-state index in [0.29, 0.717) is 29.6 Å². The van der Waals surface area contributed by atoms with Crippen LogP contribution in [-0.2, 0) is 9.47 Å². The fourth-order valence-electron chi connectivity index (χ4n) is 3.19. The molecule has 3 atom stereocenters. The third-order valence-corrected chi connectivity index (χ3v) is 4.49. The van der Waals surface area contributed by atoms with Gasteiger partial charge in [0.1, 0.15) is 5.52 Å². The number of pyridine rings is 1. The Balaban J connectivity index is 1.96. The lowest BCUT2D eigenvalue weighted by molar-refractivity contribution is -0.207. The summed E-state index contributed by atoms with van der Waals surface area (Å²) in [6.07, 6.45) is 1.70. The van der Waals surface area contributed by atoms with E-state index in [2.05, 4.69) is 10.3 Å². The van der Waals surface area contributed by atoms with Crippen molar-refractivity contribution in [3.05, 3.63) is 29.6 Å². The highest BCUT2D eigenvalue weighted by Crippen LogP contribution is 2.28. The van der Waals surface area contributed by atoms with E-state index in [1.165, 1.54) is 4.57 Å². The molecule has 148 valence electrons. The number of aliphatic hydroxyl groups excluding tert-OH is 2. The predicted octanol–water partition coefficient (Wildman–Crippen LogP) is 1.49. The first-order chi connectivity index (χ1) is 12.7. The maximum Gasteiger partial charge on any atom is 0.255 e. The molecule has 2 aromatic heterocycles. The Morgan fingerprint density at radius 2 is 2.22 bits per heavy atom. The van der Waals surface area contributed by atoms with Gasteiger partial charge in [0.15, 0.2) is 0 Å². The van der Waals surface area contributed by atoms with E-state index in [-0.39, 0.29) is 18.6 Å². The molecule has 2 aromatic rings. The quantitative estimate of drug-likeness (QED) is 0.697. The van der Waals surface area contributed by atoms with Crippen LogP contribution in [-0.4, -0.2) is 56.6 Å². The van der Waals surface area contributed by atoms with Gasteiger partial charge in [0.05, 0.1) is 35.4 Å². The molecule has 1 aliphatic rings. The van der Waals surface area contributed by atoms with Gasteiger partial charge < -0.3 is 25.0 Å². The predicted molar refractivity (Wildman–Crippen MR) is 99.3 cm³/mol. The summed E-state index contributed by atoms with van der Waals surface area (Å²) in [6, 6.07) is 1.43. The number of aromatic nitrogens is 2. The molecule has 0 bridgehead atoms. The van der Waals surface area contributed by atoms with E-state index in [1.807, 2.05) is 33.8 Å². The Morgan fingerprint density at radius 1 is 1.48 bits per heavy atom. The second kappa shape index (κ2) is 7.55. The molecule has 0 spiro atoms. The zero-order valence-electron chi connectivity index (χ0n) is 16.1. The largest absolute Gasteiger partial charge is 0.389 e. The number of ether oxygens (including phenoxy) is 2. The zero-order valence-corrected chi connectivity index (χ0v) is 16.1. The van der Waals surface area contributed by atoms with Crippen LogP contribution in [0.15, 0.2) is 18.5 Å². The van der Waals surface area contributed by atoms with E-state index in [4.69, 9.17) is 9.47 Å². The fourth-order valence-corrected chi connectivity index (χ4v) is 3.19. The Hall–Kier alpha value is -2.00. The minimum absolute atomic E-state index is 0.197. The van der Waals surface area contributed by atoms with Gasteiger partial charge in [-0.05, 0) is 45.7 Å². The standard InChI is InChI=1S/C19H27N3O5/c1-11-5-7-20-15-12(17(24)21-13-6-8-26-10-14(13)23)9-22(16(11)15)18(25)27-19(2,3)4/h5,7,9,13-14,18,23,25H,6,8,10H2,1-4H3,(H,21,24)/t13-,14-,18?/m0/s1. The number of carbonyl (C=O) groups is 1. The number of rotatable bonds is 4. The molecule has 1 unspecified atom stereocenters. The third kappa shape index (κ3) is 4.30. The molecule has 8 nitrogen and oxygen atoms in total. The highest BCUT2D eigenvalue weighted by Gasteiger charge is 2.28. The lowest BCUT2D eigenvalue weighted by Gasteiger charge is -2.28. The summed E-state index contributed by atoms with van der Waals surface area (Å²) in [4.78, 5) is 17.2. The highest BCUT2D eigenvalue weighted by atomic mass is 16.6. The molecule has 1 amide bonds. The number of hydrogen-bond acceptors (Lipinski definition) is 6. The zero-order chi connectivity index (χ0) is 19.8. The van der Waals surface area contributed by atoms with Crippen molar-refractivity contribution < 1.29 is 24.5 Å². The molecule has 27 heavy (non-hydrogen) atoms. The van der Waals surface area contributed by atoms with Gasteiger partial charge in [-0.25, -0.2) is 0 Å². The van der Waals surface area contributed by atoms with Crippen molar-refractivity contribution in [1.29, 1.82) is 0 Å². The average Bonchev–Trinajstić information content (AvgIpc) is 2.97. The third-order valence-electron chi connectivity index (χ3n) is 4.49. The monoisotopic (exact) mass is 377 g/mol. The molecule has 3 N–H and O–H groups in total. The molecule has 1 aliphatic heterocycles. The molecular formula is C19H27N3O5. The molecule has 0 aromatic carbocycles. The van der Waals surface area contributed by atoms with E-state index < -0.39 is 18.1 Å². The summed E-state index contributed by atoms with van der Waals surface area (Å²) in [7, 11) is 0. The van der Waals surface area contributed by atoms with Gasteiger partial charge in [0.2, 0.25) is 6.41 Å². The van der Waals surface area contributed by atoms with Crippen LogP contribution >= 0.6 is 0 Å². The molecule has 3 rings (SSSR count). The summed E-state index contributed by atoms with van der Waals surface area (Å²) in [6.45, 7) is 8.09. The number of carbonyl (C=O) groups excluding carboxylic acids is 1. The van der Waals surface area contributed by atoms with E-state index in [0.717, 1.165) is 5.56 Å². The van der Waals surface area contributed by atoms with Crippen molar-refractivity contribution in [2.24, 2.45) is 0 Å². The molecule has 0 aliphatic carbocycles. The number of fused-ring (bicyclic) bond motifs is 1. The van der Waals surface area contributed by atoms with Crippen molar-refractivity contribution >= 4 is 16.9 Å². The molecule has 1 fully saturated rings. The van der Waals surface area contributed by atoms with Gasteiger partial charge >= 0.3 is 0 Å². The lowest BCUT2D eigenvalue weighted by Crippen LogP contribution is -2.48. The Kier molecular flexibility index (Phi) is 5.53. The average molecular weight is 377 g/mol. The maximum atomic E-state index is 12.9. The van der Waals surface area contributed by atoms with Crippen LogP contribution < -0.4 is 5.32 Å². The van der Waals surface area contributed by atoms with Crippen molar-refractivity contribution in [1.82, 2.24) is 14.9 Å². The normalized spacial score (nSPS) is 22.0. The van der Waals surface area contributed by atoms with Crippen LogP contribution in [0.2, 0.25) is 0 Å². The topological polar surface area (TPSA) is 106 Å². The molecule has 8 heteroatoms. The Morgan fingerprint density at radius 3 is 2.89 bits per heavy atom. The number of nitrogens with one attached hydrogen (secondary N) is 1. The molecule has 3 heterocycles. The van der Waals surface area contributed by atoms with Crippen LogP contribution in [0.4, 0.5) is 0 Å². The minimum atomic E-state index is -1.26. The van der Waals surface area contributed by atoms with Crippen LogP contribution in [0, 0.1) is 6.92 Å².